The van der Waals surface area contributed by atoms with Crippen molar-refractivity contribution in [2.75, 3.05) is 0 Å². The maximum Gasteiger partial charge on any atom is 0.450 e. The molecule has 0 heterocycles. The second-order valence-electron chi connectivity index (χ2n) is 4.86. The lowest BCUT2D eigenvalue weighted by atomic mass is 10.0. The molecule has 1 aliphatic carbocycles. The van der Waals surface area contributed by atoms with Crippen LogP contribution in [0.15, 0.2) is 33.8 Å². The number of rotatable bonds is 3. The van der Waals surface area contributed by atoms with Gasteiger partial charge in [0.15, 0.2) is 0 Å². The van der Waals surface area contributed by atoms with Gasteiger partial charge in [0, 0.05) is 15.7 Å². The van der Waals surface area contributed by atoms with E-state index in [1.807, 2.05) is 0 Å². The monoisotopic (exact) mass is 376 g/mol. The molecular formula is C14H12BrF3N2O2. The highest BCUT2D eigenvalue weighted by Crippen LogP contribution is 2.30. The van der Waals surface area contributed by atoms with Crippen LogP contribution in [0.3, 0.4) is 0 Å². The van der Waals surface area contributed by atoms with Gasteiger partial charge >= 0.3 is 6.18 Å². The molecule has 1 unspecified atom stereocenters. The lowest BCUT2D eigenvalue weighted by Gasteiger charge is -2.12. The Hall–Kier alpha value is -1.70. The lowest BCUT2D eigenvalue weighted by Crippen LogP contribution is -2.33. The van der Waals surface area contributed by atoms with Gasteiger partial charge in [0.1, 0.15) is 0 Å². The van der Waals surface area contributed by atoms with E-state index in [9.17, 15) is 22.8 Å². The number of alkyl halides is 3. The topological polar surface area (TPSA) is 58.5 Å². The maximum absolute atomic E-state index is 12.5. The van der Waals surface area contributed by atoms with Crippen LogP contribution in [-0.4, -0.2) is 23.6 Å². The van der Waals surface area contributed by atoms with Gasteiger partial charge in [-0.25, -0.2) is 5.43 Å². The Bertz CT molecular complexity index is 612. The smallest absolute Gasteiger partial charge is 0.289 e. The third kappa shape index (κ3) is 3.94. The Balaban J connectivity index is 2.07. The number of Topliss-reactive ketones (excluding diaryl/α,β-unsaturated/α-hetero) is 1. The molecule has 1 saturated carbocycles. The summed E-state index contributed by atoms with van der Waals surface area (Å²) in [5.41, 5.74) is 2.61. The summed E-state index contributed by atoms with van der Waals surface area (Å²) in [4.78, 5) is 23.2. The summed E-state index contributed by atoms with van der Waals surface area (Å²) in [6.45, 7) is 0. The van der Waals surface area contributed by atoms with Crippen LogP contribution in [0.1, 0.15) is 29.6 Å². The van der Waals surface area contributed by atoms with E-state index in [0.717, 1.165) is 4.47 Å². The predicted molar refractivity (Wildman–Crippen MR) is 77.4 cm³/mol. The van der Waals surface area contributed by atoms with Crippen molar-refractivity contribution in [3.8, 4) is 0 Å². The van der Waals surface area contributed by atoms with E-state index in [4.69, 9.17) is 0 Å². The van der Waals surface area contributed by atoms with E-state index in [0.29, 0.717) is 12.0 Å². The Morgan fingerprint density at radius 3 is 2.45 bits per heavy atom. The molecule has 1 aromatic rings. The Morgan fingerprint density at radius 2 is 1.86 bits per heavy atom. The molecule has 4 nitrogen and oxygen atoms in total. The first-order valence-electron chi connectivity index (χ1n) is 6.52. The molecule has 22 heavy (non-hydrogen) atoms. The number of hydrogen-bond acceptors (Lipinski definition) is 3. The van der Waals surface area contributed by atoms with E-state index < -0.39 is 23.8 Å². The number of ketones is 1. The highest BCUT2D eigenvalue weighted by Gasteiger charge is 2.46. The highest BCUT2D eigenvalue weighted by atomic mass is 79.9. The molecule has 1 aliphatic rings. The molecule has 1 amide bonds. The SMILES string of the molecule is O=C(NN=C1CCCC1C(=O)C(F)(F)F)c1ccc(Br)cc1. The van der Waals surface area contributed by atoms with Crippen molar-refractivity contribution >= 4 is 33.3 Å². The fourth-order valence-electron chi connectivity index (χ4n) is 2.23. The molecule has 0 aliphatic heterocycles. The minimum atomic E-state index is -4.88. The number of benzene rings is 1. The van der Waals surface area contributed by atoms with Crippen LogP contribution in [0.25, 0.3) is 0 Å². The van der Waals surface area contributed by atoms with Gasteiger partial charge in [0.2, 0.25) is 5.78 Å². The first-order valence-corrected chi connectivity index (χ1v) is 7.31. The van der Waals surface area contributed by atoms with E-state index in [2.05, 4.69) is 26.5 Å². The van der Waals surface area contributed by atoms with Crippen molar-refractivity contribution < 1.29 is 22.8 Å². The zero-order valence-corrected chi connectivity index (χ0v) is 12.9. The molecule has 1 fully saturated rings. The maximum atomic E-state index is 12.5. The summed E-state index contributed by atoms with van der Waals surface area (Å²) < 4.78 is 38.2. The molecular weight excluding hydrogens is 365 g/mol. The van der Waals surface area contributed by atoms with Crippen LogP contribution in [0, 0.1) is 5.92 Å². The fourth-order valence-corrected chi connectivity index (χ4v) is 2.49. The third-order valence-corrected chi connectivity index (χ3v) is 3.86. The molecule has 1 N–H and O–H groups in total. The quantitative estimate of drug-likeness (QED) is 0.821. The van der Waals surface area contributed by atoms with Crippen LogP contribution in [0.5, 0.6) is 0 Å². The number of hydrogen-bond donors (Lipinski definition) is 1. The van der Waals surface area contributed by atoms with Gasteiger partial charge in [-0.1, -0.05) is 15.9 Å². The van der Waals surface area contributed by atoms with Gasteiger partial charge in [-0.3, -0.25) is 9.59 Å². The average Bonchev–Trinajstić information content (AvgIpc) is 2.91. The van der Waals surface area contributed by atoms with Crippen molar-refractivity contribution in [2.24, 2.45) is 11.0 Å². The number of hydrazone groups is 1. The molecule has 1 aromatic carbocycles. The molecule has 118 valence electrons. The van der Waals surface area contributed by atoms with Gasteiger partial charge in [0.05, 0.1) is 5.92 Å². The first-order chi connectivity index (χ1) is 10.3. The Kier molecular flexibility index (Phi) is 5.00. The zero-order valence-electron chi connectivity index (χ0n) is 11.3. The normalized spacial score (nSPS) is 20.2. The summed E-state index contributed by atoms with van der Waals surface area (Å²) in [7, 11) is 0. The van der Waals surface area contributed by atoms with Gasteiger partial charge in [-0.2, -0.15) is 18.3 Å². The van der Waals surface area contributed by atoms with E-state index in [1.165, 1.54) is 0 Å². The molecule has 0 saturated heterocycles. The summed E-state index contributed by atoms with van der Waals surface area (Å²) in [6.07, 6.45) is -4.07. The van der Waals surface area contributed by atoms with Crippen molar-refractivity contribution in [1.82, 2.24) is 5.43 Å². The standard InChI is InChI=1S/C14H12BrF3N2O2/c15-9-6-4-8(5-7-9)13(22)20-19-11-3-1-2-10(11)12(21)14(16,17)18/h4-7,10H,1-3H2,(H,20,22). The number of carbonyl (C=O) groups is 2. The third-order valence-electron chi connectivity index (χ3n) is 3.33. The molecule has 0 radical (unpaired) electrons. The second-order valence-corrected chi connectivity index (χ2v) is 5.77. The van der Waals surface area contributed by atoms with Crippen molar-refractivity contribution in [2.45, 2.75) is 25.4 Å². The second kappa shape index (κ2) is 6.60. The fraction of sp³-hybridized carbons (Fsp3) is 0.357. The molecule has 2 rings (SSSR count). The summed E-state index contributed by atoms with van der Waals surface area (Å²) in [6, 6.07) is 6.42. The van der Waals surface area contributed by atoms with Crippen molar-refractivity contribution in [3.63, 3.8) is 0 Å². The van der Waals surface area contributed by atoms with Crippen LogP contribution in [0.4, 0.5) is 13.2 Å². The van der Waals surface area contributed by atoms with Crippen molar-refractivity contribution in [3.05, 3.63) is 34.3 Å². The number of nitrogens with one attached hydrogen (secondary N) is 1. The van der Waals surface area contributed by atoms with Crippen LogP contribution >= 0.6 is 15.9 Å². The van der Waals surface area contributed by atoms with Crippen molar-refractivity contribution in [1.29, 1.82) is 0 Å². The molecule has 0 spiro atoms. The van der Waals surface area contributed by atoms with Crippen LogP contribution < -0.4 is 5.43 Å². The lowest BCUT2D eigenvalue weighted by molar-refractivity contribution is -0.173. The van der Waals surface area contributed by atoms with Crippen LogP contribution in [-0.2, 0) is 4.79 Å². The van der Waals surface area contributed by atoms with E-state index in [-0.39, 0.29) is 18.6 Å². The van der Waals surface area contributed by atoms with Crippen LogP contribution in [0.2, 0.25) is 0 Å². The average molecular weight is 377 g/mol. The van der Waals surface area contributed by atoms with Gasteiger partial charge < -0.3 is 0 Å². The summed E-state index contributed by atoms with van der Waals surface area (Å²) >= 11 is 3.23. The Morgan fingerprint density at radius 1 is 1.23 bits per heavy atom. The number of amides is 1. The van der Waals surface area contributed by atoms with Gasteiger partial charge in [-0.05, 0) is 43.5 Å². The van der Waals surface area contributed by atoms with E-state index >= 15 is 0 Å². The van der Waals surface area contributed by atoms with Gasteiger partial charge in [0.25, 0.3) is 5.91 Å². The summed E-state index contributed by atoms with van der Waals surface area (Å²) in [5.74, 6) is -3.63. The number of carbonyl (C=O) groups excluding carboxylic acids is 2. The molecule has 8 heteroatoms. The van der Waals surface area contributed by atoms with E-state index in [1.54, 1.807) is 24.3 Å². The van der Waals surface area contributed by atoms with Gasteiger partial charge in [-0.15, -0.1) is 0 Å². The largest absolute Gasteiger partial charge is 0.450 e. The summed E-state index contributed by atoms with van der Waals surface area (Å²) in [5, 5.41) is 3.72. The predicted octanol–water partition coefficient (Wildman–Crippen LogP) is 3.47. The minimum absolute atomic E-state index is 0.0767. The highest BCUT2D eigenvalue weighted by molar-refractivity contribution is 9.10. The first kappa shape index (κ1) is 16.7. The number of halogens is 4. The Labute approximate surface area is 132 Å². The number of nitrogens with zero attached hydrogens (tertiary/aromatic N) is 1. The minimum Gasteiger partial charge on any atom is -0.289 e. The zero-order chi connectivity index (χ0) is 16.3. The molecule has 0 aromatic heterocycles. The molecule has 0 bridgehead atoms. The molecule has 1 atom stereocenters.